The zero-order valence-electron chi connectivity index (χ0n) is 11.4. The Morgan fingerprint density at radius 2 is 1.68 bits per heavy atom. The lowest BCUT2D eigenvalue weighted by molar-refractivity contribution is -0.116. The van der Waals surface area contributed by atoms with Crippen LogP contribution in [0.1, 0.15) is 32.3 Å². The molecule has 96 valence electrons. The molecular weight excluding hydrogens is 232 g/mol. The highest BCUT2D eigenvalue weighted by atomic mass is 16.1. The maximum absolute atomic E-state index is 11.9. The third kappa shape index (κ3) is 2.33. The monoisotopic (exact) mass is 250 g/mol. The Morgan fingerprint density at radius 3 is 2.47 bits per heavy atom. The van der Waals surface area contributed by atoms with Crippen LogP contribution in [0.2, 0.25) is 0 Å². The zero-order chi connectivity index (χ0) is 13.5. The Kier molecular flexibility index (Phi) is 2.78. The molecule has 0 fully saturated rings. The number of carbonyl (C=O) groups is 1. The molecule has 0 radical (unpaired) electrons. The van der Waals surface area contributed by atoms with E-state index in [1.54, 1.807) is 0 Å². The molecule has 1 aliphatic rings. The van der Waals surface area contributed by atoms with Gasteiger partial charge in [-0.1, -0.05) is 56.3 Å². The molecule has 0 saturated carbocycles. The van der Waals surface area contributed by atoms with E-state index in [9.17, 15) is 4.79 Å². The van der Waals surface area contributed by atoms with Crippen LogP contribution in [0.3, 0.4) is 0 Å². The third-order valence-corrected chi connectivity index (χ3v) is 3.79. The van der Waals surface area contributed by atoms with Crippen LogP contribution in [-0.2, 0) is 4.79 Å². The van der Waals surface area contributed by atoms with Gasteiger partial charge < -0.3 is 0 Å². The van der Waals surface area contributed by atoms with Gasteiger partial charge in [0.05, 0.1) is 0 Å². The van der Waals surface area contributed by atoms with Gasteiger partial charge in [-0.3, -0.25) is 4.79 Å². The van der Waals surface area contributed by atoms with Gasteiger partial charge in [-0.05, 0) is 39.8 Å². The van der Waals surface area contributed by atoms with Crippen molar-refractivity contribution in [2.75, 3.05) is 0 Å². The van der Waals surface area contributed by atoms with Crippen molar-refractivity contribution in [3.8, 4) is 0 Å². The topological polar surface area (TPSA) is 17.1 Å². The fourth-order valence-corrected chi connectivity index (χ4v) is 3.02. The number of carbonyl (C=O) groups excluding carboxylic acids is 1. The van der Waals surface area contributed by atoms with Crippen LogP contribution in [0.25, 0.3) is 16.3 Å². The van der Waals surface area contributed by atoms with Gasteiger partial charge in [0.1, 0.15) is 0 Å². The van der Waals surface area contributed by atoms with Gasteiger partial charge in [-0.15, -0.1) is 0 Å². The summed E-state index contributed by atoms with van der Waals surface area (Å²) in [4.78, 5) is 11.9. The van der Waals surface area contributed by atoms with Crippen molar-refractivity contribution < 1.29 is 4.79 Å². The molecule has 1 nitrogen and oxygen atoms in total. The largest absolute Gasteiger partial charge is 0.295 e. The molecule has 2 aromatic rings. The average molecular weight is 250 g/mol. The van der Waals surface area contributed by atoms with E-state index in [1.165, 1.54) is 21.9 Å². The molecule has 0 heterocycles. The predicted octanol–water partition coefficient (Wildman–Crippen LogP) is 4.61. The molecule has 0 spiro atoms. The molecule has 0 bridgehead atoms. The highest BCUT2D eigenvalue weighted by Gasteiger charge is 2.28. The van der Waals surface area contributed by atoms with E-state index in [0.717, 1.165) is 6.42 Å². The van der Waals surface area contributed by atoms with Crippen LogP contribution in [0.5, 0.6) is 0 Å². The summed E-state index contributed by atoms with van der Waals surface area (Å²) in [5, 5.41) is 2.47. The van der Waals surface area contributed by atoms with E-state index in [2.05, 4.69) is 56.3 Å². The van der Waals surface area contributed by atoms with Crippen LogP contribution in [-0.4, -0.2) is 5.78 Å². The molecule has 0 amide bonds. The van der Waals surface area contributed by atoms with Gasteiger partial charge in [0.15, 0.2) is 5.78 Å². The molecule has 0 aliphatic heterocycles. The van der Waals surface area contributed by atoms with Crippen molar-refractivity contribution >= 4 is 22.1 Å². The molecule has 0 aromatic heterocycles. The molecule has 3 rings (SSSR count). The maximum Gasteiger partial charge on any atom is 0.156 e. The van der Waals surface area contributed by atoms with Gasteiger partial charge in [-0.25, -0.2) is 0 Å². The first kappa shape index (κ1) is 12.2. The number of hydrogen-bond donors (Lipinski definition) is 0. The fourth-order valence-electron chi connectivity index (χ4n) is 3.02. The van der Waals surface area contributed by atoms with E-state index >= 15 is 0 Å². The quantitative estimate of drug-likeness (QED) is 0.722. The SMILES string of the molecule is CC1(C)CC(=O)C=C(c2cccc3ccccc23)C1. The zero-order valence-corrected chi connectivity index (χ0v) is 11.4. The first-order valence-electron chi connectivity index (χ1n) is 6.77. The summed E-state index contributed by atoms with van der Waals surface area (Å²) in [6.07, 6.45) is 3.46. The minimum absolute atomic E-state index is 0.0676. The Balaban J connectivity index is 2.17. The van der Waals surface area contributed by atoms with Crippen LogP contribution < -0.4 is 0 Å². The molecule has 1 aliphatic carbocycles. The van der Waals surface area contributed by atoms with Crippen LogP contribution >= 0.6 is 0 Å². The summed E-state index contributed by atoms with van der Waals surface area (Å²) >= 11 is 0. The first-order chi connectivity index (χ1) is 9.05. The highest BCUT2D eigenvalue weighted by molar-refractivity contribution is 6.03. The average Bonchev–Trinajstić information content (AvgIpc) is 2.35. The lowest BCUT2D eigenvalue weighted by atomic mass is 9.74. The molecule has 1 heteroatoms. The third-order valence-electron chi connectivity index (χ3n) is 3.79. The Morgan fingerprint density at radius 1 is 0.947 bits per heavy atom. The first-order valence-corrected chi connectivity index (χ1v) is 6.77. The smallest absolute Gasteiger partial charge is 0.156 e. The number of hydrogen-bond acceptors (Lipinski definition) is 1. The number of rotatable bonds is 1. The van der Waals surface area contributed by atoms with Crippen molar-refractivity contribution in [3.63, 3.8) is 0 Å². The minimum atomic E-state index is 0.0676. The summed E-state index contributed by atoms with van der Waals surface area (Å²) < 4.78 is 0. The van der Waals surface area contributed by atoms with E-state index in [0.29, 0.717) is 6.42 Å². The number of fused-ring (bicyclic) bond motifs is 1. The van der Waals surface area contributed by atoms with E-state index < -0.39 is 0 Å². The lowest BCUT2D eigenvalue weighted by Gasteiger charge is -2.29. The molecule has 0 saturated heterocycles. The van der Waals surface area contributed by atoms with Gasteiger partial charge >= 0.3 is 0 Å². The summed E-state index contributed by atoms with van der Waals surface area (Å²) in [6, 6.07) is 14.7. The van der Waals surface area contributed by atoms with Crippen molar-refractivity contribution in [1.29, 1.82) is 0 Å². The van der Waals surface area contributed by atoms with E-state index in [-0.39, 0.29) is 11.2 Å². The second-order valence-corrected chi connectivity index (χ2v) is 6.18. The molecule has 2 aromatic carbocycles. The lowest BCUT2D eigenvalue weighted by Crippen LogP contribution is -2.21. The number of allylic oxidation sites excluding steroid dienone is 2. The van der Waals surface area contributed by atoms with Crippen molar-refractivity contribution in [3.05, 3.63) is 54.1 Å². The van der Waals surface area contributed by atoms with Crippen LogP contribution in [0.4, 0.5) is 0 Å². The van der Waals surface area contributed by atoms with Crippen LogP contribution in [0, 0.1) is 5.41 Å². The summed E-state index contributed by atoms with van der Waals surface area (Å²) in [5.74, 6) is 0.249. The summed E-state index contributed by atoms with van der Waals surface area (Å²) in [6.45, 7) is 4.34. The van der Waals surface area contributed by atoms with Crippen molar-refractivity contribution in [1.82, 2.24) is 0 Å². The number of benzene rings is 2. The highest BCUT2D eigenvalue weighted by Crippen LogP contribution is 2.39. The molecular formula is C18H18O. The Bertz CT molecular complexity index is 672. The normalized spacial score (nSPS) is 18.4. The standard InChI is InChI=1S/C18H18O/c1-18(2)11-14(10-15(19)12-18)17-9-5-7-13-6-3-4-8-16(13)17/h3-10H,11-12H2,1-2H3. The Hall–Kier alpha value is -1.89. The second-order valence-electron chi connectivity index (χ2n) is 6.18. The Labute approximate surface area is 113 Å². The molecule has 0 unspecified atom stereocenters. The number of ketones is 1. The minimum Gasteiger partial charge on any atom is -0.295 e. The molecule has 19 heavy (non-hydrogen) atoms. The fraction of sp³-hybridized carbons (Fsp3) is 0.278. The molecule has 0 N–H and O–H groups in total. The van der Waals surface area contributed by atoms with Gasteiger partial charge in [0, 0.05) is 6.42 Å². The van der Waals surface area contributed by atoms with E-state index in [1.807, 2.05) is 6.08 Å². The van der Waals surface area contributed by atoms with E-state index in [4.69, 9.17) is 0 Å². The summed E-state index contributed by atoms with van der Waals surface area (Å²) in [7, 11) is 0. The summed E-state index contributed by atoms with van der Waals surface area (Å²) in [5.41, 5.74) is 2.45. The molecule has 0 atom stereocenters. The van der Waals surface area contributed by atoms with Gasteiger partial charge in [0.25, 0.3) is 0 Å². The maximum atomic E-state index is 11.9. The van der Waals surface area contributed by atoms with Gasteiger partial charge in [0.2, 0.25) is 0 Å². The second kappa shape index (κ2) is 4.34. The van der Waals surface area contributed by atoms with Gasteiger partial charge in [-0.2, -0.15) is 0 Å². The van der Waals surface area contributed by atoms with Crippen LogP contribution in [0.15, 0.2) is 48.5 Å². The van der Waals surface area contributed by atoms with Crippen molar-refractivity contribution in [2.24, 2.45) is 5.41 Å². The predicted molar refractivity (Wildman–Crippen MR) is 79.9 cm³/mol. The van der Waals surface area contributed by atoms with Crippen molar-refractivity contribution in [2.45, 2.75) is 26.7 Å².